The minimum atomic E-state index is -0.0484. The maximum absolute atomic E-state index is 13.2. The lowest BCUT2D eigenvalue weighted by atomic mass is 9.96. The van der Waals surface area contributed by atoms with Crippen LogP contribution < -0.4 is 0 Å². The van der Waals surface area contributed by atoms with Crippen LogP contribution in [0.1, 0.15) is 56.8 Å². The number of ether oxygens (including phenoxy) is 1. The highest BCUT2D eigenvalue weighted by Gasteiger charge is 2.29. The van der Waals surface area contributed by atoms with Crippen molar-refractivity contribution in [2.45, 2.75) is 32.6 Å². The number of nitrogens with zero attached hydrogens (tertiary/aromatic N) is 4. The fraction of sp³-hybridized carbons (Fsp3) is 0.440. The summed E-state index contributed by atoms with van der Waals surface area (Å²) >= 11 is 0. The SMILES string of the molecule is Cc1cc2cc(C(=O)N3CCC[C@@H](c4ncc(C(=O)N5CCOCC5)c(C)n4)C3)ccc2o1. The molecule has 2 aliphatic heterocycles. The monoisotopic (exact) mass is 448 g/mol. The normalized spacial score (nSPS) is 19.2. The Labute approximate surface area is 192 Å². The lowest BCUT2D eigenvalue weighted by Gasteiger charge is -2.32. The molecule has 1 atom stereocenters. The van der Waals surface area contributed by atoms with Crippen LogP contribution in [0.5, 0.6) is 0 Å². The molecular formula is C25H28N4O4. The molecule has 0 N–H and O–H groups in total. The van der Waals surface area contributed by atoms with Crippen molar-refractivity contribution < 1.29 is 18.7 Å². The van der Waals surface area contributed by atoms with Crippen LogP contribution in [0.25, 0.3) is 11.0 Å². The largest absolute Gasteiger partial charge is 0.461 e. The van der Waals surface area contributed by atoms with E-state index in [0.29, 0.717) is 62.0 Å². The molecule has 0 bridgehead atoms. The summed E-state index contributed by atoms with van der Waals surface area (Å²) < 4.78 is 11.0. The minimum absolute atomic E-state index is 0.0105. The standard InChI is InChI=1S/C25H28N4O4/c1-16-12-20-13-18(5-6-22(20)33-16)24(30)29-7-3-4-19(15-29)23-26-14-21(17(2)27-23)25(31)28-8-10-32-11-9-28/h5-6,12-14,19H,3-4,7-11,15H2,1-2H3/t19-/m1/s1. The summed E-state index contributed by atoms with van der Waals surface area (Å²) in [6.07, 6.45) is 3.45. The van der Waals surface area contributed by atoms with E-state index in [1.54, 1.807) is 11.1 Å². The predicted molar refractivity (Wildman–Crippen MR) is 122 cm³/mol. The van der Waals surface area contributed by atoms with Gasteiger partial charge in [-0.05, 0) is 51.0 Å². The summed E-state index contributed by atoms with van der Waals surface area (Å²) in [7, 11) is 0. The Bertz CT molecular complexity index is 1200. The van der Waals surface area contributed by atoms with Gasteiger partial charge < -0.3 is 19.0 Å². The maximum atomic E-state index is 13.2. The van der Waals surface area contributed by atoms with Gasteiger partial charge in [0.05, 0.1) is 24.5 Å². The topological polar surface area (TPSA) is 88.8 Å². The number of piperidine rings is 1. The number of likely N-dealkylation sites (tertiary alicyclic amines) is 1. The van der Waals surface area contributed by atoms with E-state index in [1.807, 2.05) is 43.0 Å². The van der Waals surface area contributed by atoms with Gasteiger partial charge in [0.25, 0.3) is 11.8 Å². The van der Waals surface area contributed by atoms with Gasteiger partial charge in [-0.3, -0.25) is 9.59 Å². The van der Waals surface area contributed by atoms with E-state index in [1.165, 1.54) is 0 Å². The molecule has 5 rings (SSSR count). The number of rotatable bonds is 3. The molecule has 0 saturated carbocycles. The number of carbonyl (C=O) groups is 2. The molecule has 33 heavy (non-hydrogen) atoms. The van der Waals surface area contributed by atoms with Crippen molar-refractivity contribution in [3.8, 4) is 0 Å². The predicted octanol–water partition coefficient (Wildman–Crippen LogP) is 3.33. The van der Waals surface area contributed by atoms with Crippen molar-refractivity contribution in [1.82, 2.24) is 19.8 Å². The second-order valence-electron chi connectivity index (χ2n) is 8.83. The van der Waals surface area contributed by atoms with Gasteiger partial charge in [-0.2, -0.15) is 0 Å². The van der Waals surface area contributed by atoms with E-state index >= 15 is 0 Å². The molecule has 2 aromatic heterocycles. The highest BCUT2D eigenvalue weighted by molar-refractivity contribution is 5.98. The lowest BCUT2D eigenvalue weighted by molar-refractivity contribution is 0.0301. The Hall–Kier alpha value is -3.26. The van der Waals surface area contributed by atoms with Crippen molar-refractivity contribution in [2.24, 2.45) is 0 Å². The molecule has 3 aromatic rings. The quantitative estimate of drug-likeness (QED) is 0.611. The molecule has 1 aromatic carbocycles. The third-order valence-electron chi connectivity index (χ3n) is 6.49. The van der Waals surface area contributed by atoms with Crippen LogP contribution in [0.3, 0.4) is 0 Å². The minimum Gasteiger partial charge on any atom is -0.461 e. The van der Waals surface area contributed by atoms with Gasteiger partial charge in [0.1, 0.15) is 17.2 Å². The third kappa shape index (κ3) is 4.35. The summed E-state index contributed by atoms with van der Waals surface area (Å²) in [5, 5.41) is 0.936. The summed E-state index contributed by atoms with van der Waals surface area (Å²) in [6, 6.07) is 7.52. The van der Waals surface area contributed by atoms with Gasteiger partial charge in [-0.1, -0.05) is 0 Å². The molecule has 8 heteroatoms. The fourth-order valence-electron chi connectivity index (χ4n) is 4.69. The molecule has 2 amide bonds. The zero-order valence-corrected chi connectivity index (χ0v) is 19.0. The first kappa shape index (κ1) is 21.6. The van der Waals surface area contributed by atoms with Crippen LogP contribution in [0.15, 0.2) is 34.9 Å². The van der Waals surface area contributed by atoms with Crippen LogP contribution >= 0.6 is 0 Å². The van der Waals surface area contributed by atoms with Crippen molar-refractivity contribution in [2.75, 3.05) is 39.4 Å². The zero-order valence-electron chi connectivity index (χ0n) is 19.0. The van der Waals surface area contributed by atoms with Gasteiger partial charge in [0.15, 0.2) is 0 Å². The number of fused-ring (bicyclic) bond motifs is 1. The Morgan fingerprint density at radius 3 is 2.64 bits per heavy atom. The van der Waals surface area contributed by atoms with E-state index in [2.05, 4.69) is 9.97 Å². The van der Waals surface area contributed by atoms with Crippen LogP contribution in [-0.2, 0) is 4.74 Å². The van der Waals surface area contributed by atoms with Crippen LogP contribution in [0.4, 0.5) is 0 Å². The zero-order chi connectivity index (χ0) is 22.9. The second kappa shape index (κ2) is 8.94. The molecular weight excluding hydrogens is 420 g/mol. The second-order valence-corrected chi connectivity index (χ2v) is 8.83. The highest BCUT2D eigenvalue weighted by atomic mass is 16.5. The van der Waals surface area contributed by atoms with Crippen molar-refractivity contribution in [3.63, 3.8) is 0 Å². The number of benzene rings is 1. The van der Waals surface area contributed by atoms with Crippen molar-refractivity contribution in [1.29, 1.82) is 0 Å². The van der Waals surface area contributed by atoms with E-state index in [4.69, 9.17) is 9.15 Å². The van der Waals surface area contributed by atoms with E-state index in [9.17, 15) is 9.59 Å². The number of morpholine rings is 1. The molecule has 0 spiro atoms. The van der Waals surface area contributed by atoms with Crippen molar-refractivity contribution in [3.05, 3.63) is 58.9 Å². The first-order valence-electron chi connectivity index (χ1n) is 11.5. The van der Waals surface area contributed by atoms with Gasteiger partial charge in [0.2, 0.25) is 0 Å². The van der Waals surface area contributed by atoms with Crippen molar-refractivity contribution >= 4 is 22.8 Å². The molecule has 0 aliphatic carbocycles. The van der Waals surface area contributed by atoms with Crippen LogP contribution in [-0.4, -0.2) is 71.0 Å². The molecule has 8 nitrogen and oxygen atoms in total. The number of amides is 2. The fourth-order valence-corrected chi connectivity index (χ4v) is 4.69. The Balaban J connectivity index is 1.31. The number of aryl methyl sites for hydroxylation is 2. The summed E-state index contributed by atoms with van der Waals surface area (Å²) in [4.78, 5) is 38.9. The molecule has 2 fully saturated rings. The summed E-state index contributed by atoms with van der Waals surface area (Å²) in [5.74, 6) is 1.54. The van der Waals surface area contributed by atoms with Crippen LogP contribution in [0.2, 0.25) is 0 Å². The number of carbonyl (C=O) groups excluding carboxylic acids is 2. The van der Waals surface area contributed by atoms with Crippen LogP contribution in [0, 0.1) is 13.8 Å². The molecule has 0 radical (unpaired) electrons. The summed E-state index contributed by atoms with van der Waals surface area (Å²) in [5.41, 5.74) is 2.66. The number of hydrogen-bond donors (Lipinski definition) is 0. The number of hydrogen-bond acceptors (Lipinski definition) is 6. The Morgan fingerprint density at radius 2 is 1.85 bits per heavy atom. The lowest BCUT2D eigenvalue weighted by Crippen LogP contribution is -2.41. The number of furan rings is 1. The molecule has 4 heterocycles. The van der Waals surface area contributed by atoms with Gasteiger partial charge in [-0.25, -0.2) is 9.97 Å². The van der Waals surface area contributed by atoms with E-state index in [0.717, 1.165) is 29.6 Å². The first-order chi connectivity index (χ1) is 16.0. The van der Waals surface area contributed by atoms with Gasteiger partial charge in [-0.15, -0.1) is 0 Å². The number of aromatic nitrogens is 2. The molecule has 2 aliphatic rings. The average Bonchev–Trinajstić information content (AvgIpc) is 3.23. The molecule has 2 saturated heterocycles. The highest BCUT2D eigenvalue weighted by Crippen LogP contribution is 2.27. The summed E-state index contributed by atoms with van der Waals surface area (Å²) in [6.45, 7) is 7.33. The van der Waals surface area contributed by atoms with E-state index in [-0.39, 0.29) is 17.7 Å². The van der Waals surface area contributed by atoms with Gasteiger partial charge >= 0.3 is 0 Å². The van der Waals surface area contributed by atoms with E-state index < -0.39 is 0 Å². The Kier molecular flexibility index (Phi) is 5.85. The smallest absolute Gasteiger partial charge is 0.257 e. The Morgan fingerprint density at radius 1 is 1.03 bits per heavy atom. The first-order valence-corrected chi connectivity index (χ1v) is 11.5. The maximum Gasteiger partial charge on any atom is 0.257 e. The van der Waals surface area contributed by atoms with Gasteiger partial charge in [0, 0.05) is 49.2 Å². The molecule has 172 valence electrons. The molecule has 0 unspecified atom stereocenters. The third-order valence-corrected chi connectivity index (χ3v) is 6.49. The average molecular weight is 449 g/mol.